The molecule has 0 bridgehead atoms. The van der Waals surface area contributed by atoms with E-state index in [-0.39, 0.29) is 17.8 Å². The zero-order valence-electron chi connectivity index (χ0n) is 15.4. The van der Waals surface area contributed by atoms with E-state index in [2.05, 4.69) is 23.5 Å². The minimum absolute atomic E-state index is 0.110. The van der Waals surface area contributed by atoms with E-state index in [1.165, 1.54) is 18.1 Å². The van der Waals surface area contributed by atoms with E-state index in [1.54, 1.807) is 19.2 Å². The number of benzene rings is 2. The normalized spacial score (nSPS) is 11.8. The van der Waals surface area contributed by atoms with Crippen LogP contribution in [-0.2, 0) is 6.54 Å². The summed E-state index contributed by atoms with van der Waals surface area (Å²) in [7, 11) is 3.11. The molecule has 0 aliphatic rings. The molecule has 2 rings (SSSR count). The number of carbonyl (C=O) groups is 1. The van der Waals surface area contributed by atoms with Gasteiger partial charge >= 0.3 is 6.03 Å². The van der Waals surface area contributed by atoms with Crippen molar-refractivity contribution >= 4 is 6.03 Å². The lowest BCUT2D eigenvalue weighted by Gasteiger charge is -2.22. The Labute approximate surface area is 148 Å². The van der Waals surface area contributed by atoms with Crippen molar-refractivity contribution in [3.05, 3.63) is 64.5 Å². The van der Waals surface area contributed by atoms with Gasteiger partial charge in [-0.2, -0.15) is 0 Å². The van der Waals surface area contributed by atoms with Gasteiger partial charge in [0.15, 0.2) is 11.6 Å². The molecule has 5 heteroatoms. The summed E-state index contributed by atoms with van der Waals surface area (Å²) < 4.78 is 18.7. The second kappa shape index (κ2) is 8.01. The van der Waals surface area contributed by atoms with Gasteiger partial charge in [0, 0.05) is 13.6 Å². The van der Waals surface area contributed by atoms with Crippen LogP contribution in [0.1, 0.15) is 35.2 Å². The average molecular weight is 344 g/mol. The number of ether oxygens (including phenoxy) is 1. The van der Waals surface area contributed by atoms with E-state index in [9.17, 15) is 9.18 Å². The monoisotopic (exact) mass is 344 g/mol. The number of carbonyl (C=O) groups excluding carboxylic acids is 1. The van der Waals surface area contributed by atoms with Crippen LogP contribution in [0, 0.1) is 19.7 Å². The van der Waals surface area contributed by atoms with Crippen LogP contribution in [-0.4, -0.2) is 25.1 Å². The van der Waals surface area contributed by atoms with E-state index in [4.69, 9.17) is 4.74 Å². The molecule has 0 aliphatic heterocycles. The first-order chi connectivity index (χ1) is 11.8. The lowest BCUT2D eigenvalue weighted by molar-refractivity contribution is 0.203. The summed E-state index contributed by atoms with van der Waals surface area (Å²) in [6, 6.07) is 10.6. The Morgan fingerprint density at radius 3 is 2.40 bits per heavy atom. The van der Waals surface area contributed by atoms with Gasteiger partial charge in [0.25, 0.3) is 0 Å². The molecule has 0 radical (unpaired) electrons. The van der Waals surface area contributed by atoms with Crippen molar-refractivity contribution in [3.8, 4) is 5.75 Å². The molecule has 0 spiro atoms. The molecule has 1 unspecified atom stereocenters. The molecule has 0 saturated heterocycles. The van der Waals surface area contributed by atoms with E-state index < -0.39 is 5.82 Å². The molecule has 2 amide bonds. The summed E-state index contributed by atoms with van der Waals surface area (Å²) in [5.41, 5.74) is 4.10. The van der Waals surface area contributed by atoms with Crippen molar-refractivity contribution in [2.24, 2.45) is 0 Å². The van der Waals surface area contributed by atoms with Crippen LogP contribution in [0.25, 0.3) is 0 Å². The predicted octanol–water partition coefficient (Wildman–Crippen LogP) is 4.35. The number of amides is 2. The topological polar surface area (TPSA) is 41.6 Å². The third-order valence-electron chi connectivity index (χ3n) is 4.07. The minimum Gasteiger partial charge on any atom is -0.494 e. The molecule has 1 atom stereocenters. The van der Waals surface area contributed by atoms with Crippen molar-refractivity contribution in [3.63, 3.8) is 0 Å². The van der Waals surface area contributed by atoms with Gasteiger partial charge in [0.1, 0.15) is 0 Å². The highest BCUT2D eigenvalue weighted by atomic mass is 19.1. The molecular weight excluding hydrogens is 319 g/mol. The van der Waals surface area contributed by atoms with E-state index in [0.29, 0.717) is 12.1 Å². The fourth-order valence-corrected chi connectivity index (χ4v) is 2.79. The predicted molar refractivity (Wildman–Crippen MR) is 97.3 cm³/mol. The lowest BCUT2D eigenvalue weighted by Crippen LogP contribution is -2.38. The van der Waals surface area contributed by atoms with Crippen LogP contribution in [0.15, 0.2) is 36.4 Å². The van der Waals surface area contributed by atoms with Gasteiger partial charge in [-0.15, -0.1) is 0 Å². The van der Waals surface area contributed by atoms with Gasteiger partial charge in [-0.1, -0.05) is 35.4 Å². The maximum atomic E-state index is 13.8. The molecule has 0 aromatic heterocycles. The van der Waals surface area contributed by atoms with Crippen molar-refractivity contribution in [1.29, 1.82) is 0 Å². The number of hydrogen-bond acceptors (Lipinski definition) is 2. The molecule has 0 saturated carbocycles. The Morgan fingerprint density at radius 1 is 1.20 bits per heavy atom. The summed E-state index contributed by atoms with van der Waals surface area (Å²) in [5.74, 6) is -0.239. The third kappa shape index (κ3) is 4.95. The second-order valence-electron chi connectivity index (χ2n) is 6.42. The van der Waals surface area contributed by atoms with Gasteiger partial charge in [0.2, 0.25) is 0 Å². The van der Waals surface area contributed by atoms with Gasteiger partial charge in [-0.25, -0.2) is 9.18 Å². The fraction of sp³-hybridized carbons (Fsp3) is 0.350. The smallest absolute Gasteiger partial charge is 0.317 e. The Morgan fingerprint density at radius 2 is 1.84 bits per heavy atom. The SMILES string of the molecule is COc1ccc(CN(C)C(=O)NC(C)c2cc(C)cc(C)c2)cc1F. The van der Waals surface area contributed by atoms with Crippen molar-refractivity contribution in [2.75, 3.05) is 14.2 Å². The van der Waals surface area contributed by atoms with Crippen molar-refractivity contribution < 1.29 is 13.9 Å². The number of aryl methyl sites for hydroxylation is 2. The van der Waals surface area contributed by atoms with Crippen LogP contribution in [0.5, 0.6) is 5.75 Å². The van der Waals surface area contributed by atoms with Crippen molar-refractivity contribution in [2.45, 2.75) is 33.4 Å². The summed E-state index contributed by atoms with van der Waals surface area (Å²) in [6.07, 6.45) is 0. The Kier molecular flexibility index (Phi) is 6.02. The summed E-state index contributed by atoms with van der Waals surface area (Å²) in [4.78, 5) is 13.9. The highest BCUT2D eigenvalue weighted by Gasteiger charge is 2.15. The molecule has 1 N–H and O–H groups in total. The lowest BCUT2D eigenvalue weighted by atomic mass is 10.0. The van der Waals surface area contributed by atoms with Crippen LogP contribution >= 0.6 is 0 Å². The molecule has 2 aromatic rings. The summed E-state index contributed by atoms with van der Waals surface area (Å²) in [5, 5.41) is 2.98. The van der Waals surface area contributed by atoms with E-state index in [0.717, 1.165) is 16.7 Å². The molecule has 25 heavy (non-hydrogen) atoms. The number of methoxy groups -OCH3 is 1. The first kappa shape index (κ1) is 18.8. The number of nitrogens with one attached hydrogen (secondary N) is 1. The van der Waals surface area contributed by atoms with Gasteiger partial charge in [-0.3, -0.25) is 0 Å². The van der Waals surface area contributed by atoms with E-state index >= 15 is 0 Å². The molecular formula is C20H25FN2O2. The Hall–Kier alpha value is -2.56. The van der Waals surface area contributed by atoms with E-state index in [1.807, 2.05) is 20.8 Å². The van der Waals surface area contributed by atoms with Gasteiger partial charge in [-0.05, 0) is 44.0 Å². The van der Waals surface area contributed by atoms with Crippen LogP contribution in [0.2, 0.25) is 0 Å². The fourth-order valence-electron chi connectivity index (χ4n) is 2.79. The molecule has 0 aliphatic carbocycles. The van der Waals surface area contributed by atoms with Gasteiger partial charge < -0.3 is 15.0 Å². The first-order valence-electron chi connectivity index (χ1n) is 8.22. The average Bonchev–Trinajstić information content (AvgIpc) is 2.54. The summed E-state index contributed by atoms with van der Waals surface area (Å²) >= 11 is 0. The second-order valence-corrected chi connectivity index (χ2v) is 6.42. The Bertz CT molecular complexity index is 741. The van der Waals surface area contributed by atoms with Crippen molar-refractivity contribution in [1.82, 2.24) is 10.2 Å². The Balaban J connectivity index is 2.01. The van der Waals surface area contributed by atoms with Gasteiger partial charge in [0.05, 0.1) is 13.2 Å². The first-order valence-corrected chi connectivity index (χ1v) is 8.22. The van der Waals surface area contributed by atoms with Crippen LogP contribution < -0.4 is 10.1 Å². The minimum atomic E-state index is -0.433. The maximum absolute atomic E-state index is 13.8. The highest BCUT2D eigenvalue weighted by molar-refractivity contribution is 5.74. The molecule has 134 valence electrons. The number of hydrogen-bond donors (Lipinski definition) is 1. The molecule has 2 aromatic carbocycles. The largest absolute Gasteiger partial charge is 0.494 e. The highest BCUT2D eigenvalue weighted by Crippen LogP contribution is 2.19. The molecule has 0 heterocycles. The molecule has 4 nitrogen and oxygen atoms in total. The number of rotatable bonds is 5. The standard InChI is InChI=1S/C20H25FN2O2/c1-13-8-14(2)10-17(9-13)15(3)22-20(24)23(4)12-16-6-7-19(25-5)18(21)11-16/h6-11,15H,12H2,1-5H3,(H,22,24). The van der Waals surface area contributed by atoms with Crippen LogP contribution in [0.4, 0.5) is 9.18 Å². The quantitative estimate of drug-likeness (QED) is 0.876. The summed E-state index contributed by atoms with van der Waals surface area (Å²) in [6.45, 7) is 6.34. The number of urea groups is 1. The number of nitrogens with zero attached hydrogens (tertiary/aromatic N) is 1. The third-order valence-corrected chi connectivity index (χ3v) is 4.07. The zero-order valence-corrected chi connectivity index (χ0v) is 15.4. The molecule has 0 fully saturated rings. The zero-order chi connectivity index (χ0) is 18.6. The van der Waals surface area contributed by atoms with Crippen LogP contribution in [0.3, 0.4) is 0 Å². The maximum Gasteiger partial charge on any atom is 0.317 e. The number of halogens is 1.